The fourth-order valence-electron chi connectivity index (χ4n) is 0. The monoisotopic (exact) mass is 582 g/mol. The maximum atomic E-state index is 9.37. The molecule has 0 aromatic heterocycles. The average Bonchev–Trinajstić information content (AvgIpc) is 2.08. The van der Waals surface area contributed by atoms with E-state index in [1.807, 2.05) is 13.8 Å². The van der Waals surface area contributed by atoms with Crippen LogP contribution in [0.1, 0.15) is 34.1 Å². The average molecular weight is 582 g/mol. The first kappa shape index (κ1) is 25.2. The number of carboxylic acid groups (broad SMARTS) is 1. The summed E-state index contributed by atoms with van der Waals surface area (Å²) in [5.74, 6) is -0.745. The number of hydrogen-bond donors (Lipinski definition) is 2. The van der Waals surface area contributed by atoms with Gasteiger partial charge in [-0.3, -0.25) is 4.79 Å². The molecule has 0 atom stereocenters. The third-order valence-electron chi connectivity index (χ3n) is 0.302. The molecule has 0 saturated carbocycles. The minimum absolute atomic E-state index is 0.222. The SMILES string of the molecule is CC.CCC(=O)O.CCO.[I][V]([I])[I]. The van der Waals surface area contributed by atoms with Crippen molar-refractivity contribution in [3.63, 3.8) is 0 Å². The first-order valence-electron chi connectivity index (χ1n) is 4.02. The Morgan fingerprint density at radius 3 is 1.29 bits per heavy atom. The van der Waals surface area contributed by atoms with Crippen LogP contribution in [0.4, 0.5) is 0 Å². The van der Waals surface area contributed by atoms with Crippen LogP contribution in [0.25, 0.3) is 0 Å². The Morgan fingerprint density at radius 1 is 1.21 bits per heavy atom. The summed E-state index contributed by atoms with van der Waals surface area (Å²) < 4.78 is 0. The molecule has 0 spiro atoms. The summed E-state index contributed by atoms with van der Waals surface area (Å²) in [5.41, 5.74) is 0. The Morgan fingerprint density at radius 2 is 1.29 bits per heavy atom. The summed E-state index contributed by atoms with van der Waals surface area (Å²) in [6.45, 7) is 7.53. The van der Waals surface area contributed by atoms with E-state index in [9.17, 15) is 4.79 Å². The van der Waals surface area contributed by atoms with Gasteiger partial charge in [0.05, 0.1) is 0 Å². The molecule has 0 bridgehead atoms. The number of aliphatic hydroxyl groups excluding tert-OH is 1. The molecule has 3 nitrogen and oxygen atoms in total. The van der Waals surface area contributed by atoms with E-state index in [-0.39, 0.29) is 17.9 Å². The molecule has 0 aliphatic heterocycles. The van der Waals surface area contributed by atoms with Gasteiger partial charge in [0.1, 0.15) is 0 Å². The number of aliphatic carboxylic acids is 1. The van der Waals surface area contributed by atoms with E-state index in [1.54, 1.807) is 13.8 Å². The molecule has 0 radical (unpaired) electrons. The molecule has 0 rings (SSSR count). The van der Waals surface area contributed by atoms with Crippen LogP contribution in [0.15, 0.2) is 0 Å². The molecule has 2 N–H and O–H groups in total. The Bertz CT molecular complexity index is 91.5. The van der Waals surface area contributed by atoms with E-state index in [2.05, 4.69) is 59.9 Å². The van der Waals surface area contributed by atoms with Gasteiger partial charge in [0.2, 0.25) is 0 Å². The number of carbonyl (C=O) groups is 1. The zero-order chi connectivity index (χ0) is 12.6. The summed E-state index contributed by atoms with van der Waals surface area (Å²) in [6, 6.07) is 0. The second-order valence-electron chi connectivity index (χ2n) is 1.26. The predicted molar refractivity (Wildman–Crippen MR) is 84.1 cm³/mol. The molecule has 0 heterocycles. The van der Waals surface area contributed by atoms with Crippen LogP contribution < -0.4 is 0 Å². The second-order valence-corrected chi connectivity index (χ2v) is 36.6. The van der Waals surface area contributed by atoms with Crippen molar-refractivity contribution in [3.05, 3.63) is 0 Å². The van der Waals surface area contributed by atoms with Gasteiger partial charge < -0.3 is 10.2 Å². The molecule has 7 heteroatoms. The van der Waals surface area contributed by atoms with Crippen molar-refractivity contribution in [1.82, 2.24) is 0 Å². The molecule has 0 saturated heterocycles. The maximum absolute atomic E-state index is 9.37. The number of carboxylic acids is 1. The Labute approximate surface area is 125 Å². The minimum atomic E-state index is -0.745. The van der Waals surface area contributed by atoms with Gasteiger partial charge in [-0.2, -0.15) is 0 Å². The van der Waals surface area contributed by atoms with Gasteiger partial charge in [-0.05, 0) is 6.92 Å². The van der Waals surface area contributed by atoms with Gasteiger partial charge in [0.25, 0.3) is 0 Å². The summed E-state index contributed by atoms with van der Waals surface area (Å²) >= 11 is 7.39. The molecule has 0 fully saturated rings. The van der Waals surface area contributed by atoms with Gasteiger partial charge in [-0.25, -0.2) is 0 Å². The standard InChI is InChI=1S/C3H6O2.C2H6O.C2H6.3HI.V/c1-2-3(4)5;1-2-3;1-2;;;;/h2H2,1H3,(H,4,5);3H,2H2,1H3;1-2H3;3*1H;/q;;;;;;+3/p-3. The van der Waals surface area contributed by atoms with Crippen molar-refractivity contribution in [2.75, 3.05) is 6.61 Å². The summed E-state index contributed by atoms with van der Waals surface area (Å²) in [7, 11) is 0. The van der Waals surface area contributed by atoms with Crippen molar-refractivity contribution in [3.8, 4) is 0 Å². The first-order chi connectivity index (χ1) is 6.42. The summed E-state index contributed by atoms with van der Waals surface area (Å²) in [6.07, 6.45) is 0.222. The number of hydrogen-bond acceptors (Lipinski definition) is 2. The third-order valence-corrected chi connectivity index (χ3v) is 0.302. The van der Waals surface area contributed by atoms with Gasteiger partial charge in [0.15, 0.2) is 0 Å². The van der Waals surface area contributed by atoms with E-state index >= 15 is 0 Å². The third kappa shape index (κ3) is 140. The van der Waals surface area contributed by atoms with Gasteiger partial charge in [-0.1, -0.05) is 20.8 Å². The van der Waals surface area contributed by atoms with Crippen LogP contribution in [-0.4, -0.2) is 22.8 Å². The van der Waals surface area contributed by atoms with E-state index in [0.717, 1.165) is 0 Å². The van der Waals surface area contributed by atoms with Crippen molar-refractivity contribution in [2.24, 2.45) is 0 Å². The predicted octanol–water partition coefficient (Wildman–Crippen LogP) is 4.16. The van der Waals surface area contributed by atoms with Crippen LogP contribution in [-0.2, 0) is 9.72 Å². The second kappa shape index (κ2) is 29.5. The summed E-state index contributed by atoms with van der Waals surface area (Å²) in [5, 5.41) is 15.3. The van der Waals surface area contributed by atoms with Crippen molar-refractivity contribution in [2.45, 2.75) is 34.1 Å². The number of halogens is 3. The Kier molecular flexibility index (Phi) is 52.9. The molecule has 14 heavy (non-hydrogen) atoms. The van der Waals surface area contributed by atoms with E-state index < -0.39 is 5.97 Å². The van der Waals surface area contributed by atoms with E-state index in [4.69, 9.17) is 10.2 Å². The van der Waals surface area contributed by atoms with Crippen molar-refractivity contribution < 1.29 is 19.9 Å². The number of rotatable bonds is 1. The van der Waals surface area contributed by atoms with Gasteiger partial charge in [-0.15, -0.1) is 0 Å². The molecule has 0 aliphatic rings. The molecule has 0 unspecified atom stereocenters. The Balaban J connectivity index is -0.0000000505. The zero-order valence-corrected chi connectivity index (χ0v) is 16.7. The van der Waals surface area contributed by atoms with E-state index in [0.29, 0.717) is 0 Å². The zero-order valence-electron chi connectivity index (χ0n) is 8.80. The Hall–Kier alpha value is 2.20. The first-order valence-corrected chi connectivity index (χ1v) is 17.5. The van der Waals surface area contributed by atoms with Crippen LogP contribution in [0.3, 0.4) is 0 Å². The van der Waals surface area contributed by atoms with Crippen LogP contribution in [0, 0.1) is 0 Å². The fraction of sp³-hybridized carbons (Fsp3) is 0.857. The molecule has 0 aromatic carbocycles. The fourth-order valence-corrected chi connectivity index (χ4v) is 0. The molecular formula is C7H18I3O3V. The van der Waals surface area contributed by atoms with E-state index in [1.165, 1.54) is 0 Å². The van der Waals surface area contributed by atoms with Gasteiger partial charge >= 0.3 is 70.8 Å². The molecule has 0 amide bonds. The molecule has 0 aromatic rings. The normalized spacial score (nSPS) is 6.93. The van der Waals surface area contributed by atoms with Crippen LogP contribution in [0.2, 0.25) is 0 Å². The molecule has 0 aliphatic carbocycles. The van der Waals surface area contributed by atoms with Crippen molar-refractivity contribution >= 4 is 65.9 Å². The molecular weight excluding hydrogens is 564 g/mol. The number of aliphatic hydroxyl groups is 1. The van der Waals surface area contributed by atoms with Crippen molar-refractivity contribution in [1.29, 1.82) is 0 Å². The van der Waals surface area contributed by atoms with Crippen LogP contribution >= 0.6 is 59.9 Å². The summed E-state index contributed by atoms with van der Waals surface area (Å²) in [4.78, 5) is 9.09. The quantitative estimate of drug-likeness (QED) is 0.458. The molecule has 90 valence electrons. The topological polar surface area (TPSA) is 57.5 Å². The van der Waals surface area contributed by atoms with Crippen LogP contribution in [0.5, 0.6) is 0 Å². The van der Waals surface area contributed by atoms with Gasteiger partial charge in [0, 0.05) is 13.0 Å².